The minimum absolute atomic E-state index is 0.238. The van der Waals surface area contributed by atoms with E-state index >= 15 is 0 Å². The number of piperidine rings is 1. The van der Waals surface area contributed by atoms with Crippen LogP contribution in [0, 0.1) is 4.91 Å². The van der Waals surface area contributed by atoms with Crippen LogP contribution in [0.1, 0.15) is 12.8 Å². The van der Waals surface area contributed by atoms with Gasteiger partial charge in [-0.15, -0.1) is 0 Å². The Balaban J connectivity index is 1.95. The maximum Gasteiger partial charge on any atom is 0.320 e. The minimum atomic E-state index is -0.238. The fourth-order valence-electron chi connectivity index (χ4n) is 2.44. The zero-order valence-corrected chi connectivity index (χ0v) is 11.6. The van der Waals surface area contributed by atoms with Gasteiger partial charge in [-0.25, -0.2) is 4.84 Å². The van der Waals surface area contributed by atoms with Crippen LogP contribution in [-0.4, -0.2) is 31.0 Å². The number of fused-ring (bicyclic) bond motifs is 1. The molecule has 0 unspecified atom stereocenters. The zero-order chi connectivity index (χ0) is 14.8. The molecule has 0 spiro atoms. The molecule has 2 aliphatic heterocycles. The molecule has 7 nitrogen and oxygen atoms in total. The number of amides is 1. The van der Waals surface area contributed by atoms with Crippen LogP contribution in [0.4, 0.5) is 11.4 Å². The molecule has 1 amide bonds. The molecule has 1 fully saturated rings. The first-order valence-electron chi connectivity index (χ1n) is 6.76. The first-order valence-corrected chi connectivity index (χ1v) is 6.76. The van der Waals surface area contributed by atoms with Crippen molar-refractivity contribution < 1.29 is 19.3 Å². The van der Waals surface area contributed by atoms with Gasteiger partial charge in [-0.05, 0) is 37.6 Å². The Bertz CT molecular complexity index is 631. The van der Waals surface area contributed by atoms with Crippen molar-refractivity contribution in [3.63, 3.8) is 0 Å². The van der Waals surface area contributed by atoms with E-state index < -0.39 is 0 Å². The van der Waals surface area contributed by atoms with E-state index in [1.54, 1.807) is 18.2 Å². The van der Waals surface area contributed by atoms with Crippen LogP contribution in [0.25, 0.3) is 0 Å². The Labute approximate surface area is 121 Å². The summed E-state index contributed by atoms with van der Waals surface area (Å²) in [5.41, 5.74) is 1.85. The maximum atomic E-state index is 12.1. The summed E-state index contributed by atoms with van der Waals surface area (Å²) in [6.07, 6.45) is 1.56. The van der Waals surface area contributed by atoms with Crippen LogP contribution >= 0.6 is 0 Å². The molecular weight excluding hydrogens is 274 g/mol. The third-order valence-electron chi connectivity index (χ3n) is 3.54. The van der Waals surface area contributed by atoms with E-state index in [1.807, 2.05) is 0 Å². The number of anilines is 1. The largest absolute Gasteiger partial charge is 0.449 e. The van der Waals surface area contributed by atoms with Crippen molar-refractivity contribution in [3.05, 3.63) is 34.4 Å². The van der Waals surface area contributed by atoms with E-state index in [0.29, 0.717) is 27.8 Å². The number of benzene rings is 1. The van der Waals surface area contributed by atoms with Gasteiger partial charge in [-0.2, -0.15) is 0 Å². The topological polar surface area (TPSA) is 79.7 Å². The summed E-state index contributed by atoms with van der Waals surface area (Å²) in [7, 11) is 1.29. The number of ether oxygens (including phenoxy) is 1. The fraction of sp³-hybridized carbons (Fsp3) is 0.357. The highest BCUT2D eigenvalue weighted by Crippen LogP contribution is 2.35. The Morgan fingerprint density at radius 3 is 2.76 bits per heavy atom. The van der Waals surface area contributed by atoms with Gasteiger partial charge in [-0.3, -0.25) is 4.79 Å². The van der Waals surface area contributed by atoms with Crippen LogP contribution in [0.2, 0.25) is 0 Å². The summed E-state index contributed by atoms with van der Waals surface area (Å²) in [5.74, 6) is 0.555. The number of carbonyl (C=O) groups is 1. The van der Waals surface area contributed by atoms with Gasteiger partial charge in [0.15, 0.2) is 18.6 Å². The van der Waals surface area contributed by atoms with Gasteiger partial charge >= 0.3 is 5.69 Å². The third kappa shape index (κ3) is 2.59. The smallest absolute Gasteiger partial charge is 0.320 e. The highest BCUT2D eigenvalue weighted by atomic mass is 16.8. The van der Waals surface area contributed by atoms with Gasteiger partial charge in [0.25, 0.3) is 10.8 Å². The summed E-state index contributed by atoms with van der Waals surface area (Å²) in [4.78, 5) is 28.6. The molecule has 110 valence electrons. The van der Waals surface area contributed by atoms with Gasteiger partial charge in [0.1, 0.15) is 0 Å². The first-order chi connectivity index (χ1) is 10.2. The zero-order valence-electron chi connectivity index (χ0n) is 11.6. The van der Waals surface area contributed by atoms with Crippen molar-refractivity contribution in [3.8, 4) is 5.75 Å². The van der Waals surface area contributed by atoms with E-state index in [9.17, 15) is 9.70 Å². The van der Waals surface area contributed by atoms with Crippen molar-refractivity contribution >= 4 is 17.3 Å². The van der Waals surface area contributed by atoms with Crippen LogP contribution in [0.5, 0.6) is 5.75 Å². The number of nitrogens with zero attached hydrogens (tertiary/aromatic N) is 1. The summed E-state index contributed by atoms with van der Waals surface area (Å²) >= 11 is 0. The first kappa shape index (κ1) is 13.6. The van der Waals surface area contributed by atoms with Crippen molar-refractivity contribution in [2.24, 2.45) is 0 Å². The highest BCUT2D eigenvalue weighted by molar-refractivity contribution is 6.06. The molecule has 0 atom stereocenters. The lowest BCUT2D eigenvalue weighted by atomic mass is 10.0. The van der Waals surface area contributed by atoms with Gasteiger partial charge in [-0.1, -0.05) is 0 Å². The van der Waals surface area contributed by atoms with Crippen LogP contribution in [0.15, 0.2) is 29.5 Å². The molecule has 0 saturated carbocycles. The number of carbonyl (C=O) groups excluding carboxylic acids is 1. The lowest BCUT2D eigenvalue weighted by Crippen LogP contribution is -2.30. The average molecular weight is 290 g/mol. The summed E-state index contributed by atoms with van der Waals surface area (Å²) < 4.78 is 5.74. The van der Waals surface area contributed by atoms with Crippen LogP contribution in [0.3, 0.4) is 0 Å². The number of hydrogen-bond donors (Lipinski definition) is 2. The molecule has 0 radical (unpaired) electrons. The molecule has 7 heteroatoms. The average Bonchev–Trinajstić information content (AvgIpc) is 2.54. The van der Waals surface area contributed by atoms with Crippen LogP contribution < -0.4 is 15.4 Å². The molecule has 1 aromatic rings. The monoisotopic (exact) mass is 290 g/mol. The molecule has 2 aliphatic rings. The van der Waals surface area contributed by atoms with Gasteiger partial charge in [0, 0.05) is 6.07 Å². The molecular formula is C14H16N3O4+. The van der Waals surface area contributed by atoms with Gasteiger partial charge < -0.3 is 15.4 Å². The predicted molar refractivity (Wildman–Crippen MR) is 75.1 cm³/mol. The Hall–Kier alpha value is -2.41. The lowest BCUT2D eigenvalue weighted by Gasteiger charge is -2.24. The van der Waals surface area contributed by atoms with Crippen molar-refractivity contribution in [2.45, 2.75) is 12.8 Å². The molecule has 1 saturated heterocycles. The fourth-order valence-corrected chi connectivity index (χ4v) is 2.44. The third-order valence-corrected chi connectivity index (χ3v) is 3.54. The van der Waals surface area contributed by atoms with E-state index in [-0.39, 0.29) is 5.91 Å². The highest BCUT2D eigenvalue weighted by Gasteiger charge is 2.28. The molecule has 21 heavy (non-hydrogen) atoms. The maximum absolute atomic E-state index is 12.1. The molecule has 1 aromatic carbocycles. The Kier molecular flexibility index (Phi) is 3.57. The van der Waals surface area contributed by atoms with E-state index in [0.717, 1.165) is 31.5 Å². The number of nitrogens with one attached hydrogen (secondary N) is 2. The van der Waals surface area contributed by atoms with E-state index in [2.05, 4.69) is 15.5 Å². The molecule has 0 aliphatic carbocycles. The standard InChI is InChI=1S/C14H15N3O4/c1-20-17(19)10-2-3-11-12(8-10)21-13(14(18)16-11)9-4-6-15-7-5-9/h2-3,8,15H,4-7H2,1H3/p+1. The molecule has 2 heterocycles. The predicted octanol–water partition coefficient (Wildman–Crippen LogP) is 1.63. The van der Waals surface area contributed by atoms with Crippen molar-refractivity contribution in [1.29, 1.82) is 0 Å². The summed E-state index contributed by atoms with van der Waals surface area (Å²) in [5, 5.41) is 6.02. The summed E-state index contributed by atoms with van der Waals surface area (Å²) in [6.45, 7) is 1.67. The summed E-state index contributed by atoms with van der Waals surface area (Å²) in [6, 6.07) is 4.73. The second kappa shape index (κ2) is 5.53. The normalized spacial score (nSPS) is 17.7. The molecule has 3 rings (SSSR count). The second-order valence-electron chi connectivity index (χ2n) is 4.86. The minimum Gasteiger partial charge on any atom is -0.449 e. The number of hydrogen-bond acceptors (Lipinski definition) is 5. The van der Waals surface area contributed by atoms with E-state index in [4.69, 9.17) is 4.74 Å². The quantitative estimate of drug-likeness (QED) is 0.639. The Morgan fingerprint density at radius 2 is 2.05 bits per heavy atom. The SMILES string of the molecule is CO[N+](=O)c1ccc2c(c1)OC(=C1CCNCC1)C(=O)N2. The number of rotatable bonds is 2. The molecule has 0 bridgehead atoms. The van der Waals surface area contributed by atoms with Gasteiger partial charge in [0.05, 0.1) is 16.7 Å². The van der Waals surface area contributed by atoms with Gasteiger partial charge in [0.2, 0.25) is 0 Å². The lowest BCUT2D eigenvalue weighted by molar-refractivity contribution is -0.736. The second-order valence-corrected chi connectivity index (χ2v) is 4.86. The molecule has 2 N–H and O–H groups in total. The Morgan fingerprint density at radius 1 is 1.29 bits per heavy atom. The van der Waals surface area contributed by atoms with Crippen LogP contribution in [-0.2, 0) is 9.63 Å². The molecule has 0 aromatic heterocycles. The van der Waals surface area contributed by atoms with E-state index in [1.165, 1.54) is 7.11 Å². The van der Waals surface area contributed by atoms with Crippen molar-refractivity contribution in [1.82, 2.24) is 5.32 Å². The van der Waals surface area contributed by atoms with Crippen molar-refractivity contribution in [2.75, 3.05) is 25.5 Å².